The smallest absolute Gasteiger partial charge is 0.163 e. The number of halogens is 2. The van der Waals surface area contributed by atoms with Gasteiger partial charge in [0.1, 0.15) is 12.0 Å². The maximum absolute atomic E-state index is 13.6. The third-order valence-electron chi connectivity index (χ3n) is 5.76. The molecule has 4 rings (SSSR count). The number of rotatable bonds is 8. The third-order valence-corrected chi connectivity index (χ3v) is 6.05. The summed E-state index contributed by atoms with van der Waals surface area (Å²) in [4.78, 5) is 2.48. The number of hydrogen-bond acceptors (Lipinski definition) is 7. The quantitative estimate of drug-likeness (QED) is 0.322. The minimum atomic E-state index is -0.481. The third kappa shape index (κ3) is 4.98. The zero-order valence-corrected chi connectivity index (χ0v) is 18.4. The van der Waals surface area contributed by atoms with Gasteiger partial charge in [0.15, 0.2) is 11.5 Å². The predicted molar refractivity (Wildman–Crippen MR) is 121 cm³/mol. The fourth-order valence-corrected chi connectivity index (χ4v) is 4.27. The van der Waals surface area contributed by atoms with Crippen LogP contribution in [0.15, 0.2) is 30.3 Å². The number of methoxy groups -OCH3 is 1. The molecule has 2 aliphatic heterocycles. The van der Waals surface area contributed by atoms with Gasteiger partial charge < -0.3 is 19.7 Å². The van der Waals surface area contributed by atoms with Crippen LogP contribution in [0.5, 0.6) is 11.5 Å². The van der Waals surface area contributed by atoms with Crippen LogP contribution in [0, 0.1) is 5.82 Å². The van der Waals surface area contributed by atoms with Crippen molar-refractivity contribution >= 4 is 23.0 Å². The van der Waals surface area contributed by atoms with E-state index in [0.29, 0.717) is 30.5 Å². The largest absolute Gasteiger partial charge is 0.493 e. The lowest BCUT2D eigenvalue weighted by atomic mass is 10.1. The molecular formula is C22H29ClFN5O2. The zero-order chi connectivity index (χ0) is 21.8. The van der Waals surface area contributed by atoms with Crippen molar-refractivity contribution in [3.05, 3.63) is 46.7 Å². The number of nitrogens with one attached hydrogen (secondary N) is 2. The number of hydrogen-bond donors (Lipinski definition) is 3. The zero-order valence-electron chi connectivity index (χ0n) is 17.7. The Balaban J connectivity index is 1.49. The molecular weight excluding hydrogens is 421 g/mol. The summed E-state index contributed by atoms with van der Waals surface area (Å²) in [7, 11) is 1.62. The van der Waals surface area contributed by atoms with Crippen molar-refractivity contribution in [2.45, 2.75) is 25.4 Å². The molecule has 0 saturated carbocycles. The monoisotopic (exact) mass is 449 g/mol. The highest BCUT2D eigenvalue weighted by molar-refractivity contribution is 6.31. The van der Waals surface area contributed by atoms with Crippen molar-refractivity contribution in [3.63, 3.8) is 0 Å². The van der Waals surface area contributed by atoms with Crippen molar-refractivity contribution in [2.75, 3.05) is 50.3 Å². The van der Waals surface area contributed by atoms with Gasteiger partial charge in [-0.1, -0.05) is 11.6 Å². The number of hydrazine groups is 1. The second-order valence-electron chi connectivity index (χ2n) is 7.81. The first-order valence-corrected chi connectivity index (χ1v) is 11.0. The van der Waals surface area contributed by atoms with E-state index in [0.717, 1.165) is 24.2 Å². The summed E-state index contributed by atoms with van der Waals surface area (Å²) in [5.74, 6) is 7.23. The maximum Gasteiger partial charge on any atom is 0.163 e. The second-order valence-corrected chi connectivity index (χ2v) is 8.21. The molecule has 0 aliphatic carbocycles. The van der Waals surface area contributed by atoms with E-state index >= 15 is 0 Å². The first kappa shape index (κ1) is 22.0. The van der Waals surface area contributed by atoms with Gasteiger partial charge in [-0.3, -0.25) is 10.3 Å². The maximum atomic E-state index is 13.6. The Hall–Kier alpha value is -2.26. The summed E-state index contributed by atoms with van der Waals surface area (Å²) >= 11 is 5.94. The van der Waals surface area contributed by atoms with Crippen LogP contribution >= 0.6 is 11.6 Å². The molecule has 2 aromatic rings. The Morgan fingerprint density at radius 3 is 2.77 bits per heavy atom. The summed E-state index contributed by atoms with van der Waals surface area (Å²) in [6.45, 7) is 4.58. The molecule has 1 fully saturated rings. The number of benzene rings is 2. The summed E-state index contributed by atoms with van der Waals surface area (Å²) < 4.78 is 25.2. The lowest BCUT2D eigenvalue weighted by Crippen LogP contribution is -2.47. The molecule has 4 N–H and O–H groups in total. The first-order chi connectivity index (χ1) is 15.1. The summed E-state index contributed by atoms with van der Waals surface area (Å²) in [5.41, 5.74) is 2.40. The molecule has 0 amide bonds. The minimum absolute atomic E-state index is 0.0253. The molecule has 1 saturated heterocycles. The molecule has 9 heteroatoms. The van der Waals surface area contributed by atoms with Crippen molar-refractivity contribution in [3.8, 4) is 11.5 Å². The Morgan fingerprint density at radius 1 is 1.23 bits per heavy atom. The van der Waals surface area contributed by atoms with Crippen LogP contribution in [0.2, 0.25) is 5.02 Å². The number of fused-ring (bicyclic) bond motifs is 1. The lowest BCUT2D eigenvalue weighted by molar-refractivity contribution is 0.254. The van der Waals surface area contributed by atoms with E-state index in [1.54, 1.807) is 13.2 Å². The number of nitrogens with two attached hydrogens (primary N) is 1. The SMILES string of the molecule is COc1cc2c(cc1OCCCN1CCCC1)NCNC2N(N)c1ccc(F)c(Cl)c1. The second kappa shape index (κ2) is 9.91. The lowest BCUT2D eigenvalue weighted by Gasteiger charge is -2.36. The summed E-state index contributed by atoms with van der Waals surface area (Å²) in [5, 5.41) is 8.19. The Labute approximate surface area is 187 Å². The van der Waals surface area contributed by atoms with Crippen LogP contribution in [0.1, 0.15) is 31.0 Å². The van der Waals surface area contributed by atoms with Gasteiger partial charge in [0.25, 0.3) is 0 Å². The van der Waals surface area contributed by atoms with Crippen LogP contribution in [0.3, 0.4) is 0 Å². The molecule has 2 aliphatic rings. The van der Waals surface area contributed by atoms with Crippen LogP contribution in [-0.2, 0) is 0 Å². The molecule has 0 bridgehead atoms. The van der Waals surface area contributed by atoms with E-state index in [2.05, 4.69) is 15.5 Å². The van der Waals surface area contributed by atoms with E-state index < -0.39 is 5.82 Å². The molecule has 31 heavy (non-hydrogen) atoms. The molecule has 2 heterocycles. The van der Waals surface area contributed by atoms with Crippen molar-refractivity contribution < 1.29 is 13.9 Å². The van der Waals surface area contributed by atoms with E-state index in [1.165, 1.54) is 43.1 Å². The Bertz CT molecular complexity index is 910. The highest BCUT2D eigenvalue weighted by Crippen LogP contribution is 2.39. The molecule has 0 radical (unpaired) electrons. The van der Waals surface area contributed by atoms with Gasteiger partial charge in [-0.25, -0.2) is 10.2 Å². The van der Waals surface area contributed by atoms with Gasteiger partial charge in [0, 0.05) is 23.9 Å². The normalized spacial score (nSPS) is 18.4. The molecule has 0 spiro atoms. The van der Waals surface area contributed by atoms with Crippen molar-refractivity contribution in [1.29, 1.82) is 0 Å². The van der Waals surface area contributed by atoms with E-state index in [1.807, 2.05) is 12.1 Å². The fraction of sp³-hybridized carbons (Fsp3) is 0.455. The summed E-state index contributed by atoms with van der Waals surface area (Å²) in [6, 6.07) is 8.28. The topological polar surface area (TPSA) is 75.0 Å². The van der Waals surface area contributed by atoms with E-state index in [-0.39, 0.29) is 11.2 Å². The standard InChI is InChI=1S/C22H29ClFN5O2/c1-30-20-12-16-19(13-21(20)31-10-4-9-28-7-2-3-8-28)26-14-27-22(16)29(25)15-5-6-18(24)17(23)11-15/h5-6,11-13,22,26-27H,2-4,7-10,14,25H2,1H3. The highest BCUT2D eigenvalue weighted by atomic mass is 35.5. The van der Waals surface area contributed by atoms with Gasteiger partial charge in [-0.2, -0.15) is 0 Å². The molecule has 0 aromatic heterocycles. The van der Waals surface area contributed by atoms with Gasteiger partial charge in [0.2, 0.25) is 0 Å². The molecule has 1 atom stereocenters. The molecule has 2 aromatic carbocycles. The molecule has 1 unspecified atom stereocenters. The Morgan fingerprint density at radius 2 is 2.03 bits per heavy atom. The van der Waals surface area contributed by atoms with Gasteiger partial charge >= 0.3 is 0 Å². The number of nitrogens with zero attached hydrogens (tertiary/aromatic N) is 2. The number of likely N-dealkylation sites (tertiary alicyclic amines) is 1. The van der Waals surface area contributed by atoms with Crippen molar-refractivity contribution in [1.82, 2.24) is 10.2 Å². The van der Waals surface area contributed by atoms with Crippen LogP contribution in [-0.4, -0.2) is 44.9 Å². The molecule has 7 nitrogen and oxygen atoms in total. The van der Waals surface area contributed by atoms with Gasteiger partial charge in [0.05, 0.1) is 31.1 Å². The van der Waals surface area contributed by atoms with Gasteiger partial charge in [-0.05, 0) is 56.6 Å². The minimum Gasteiger partial charge on any atom is -0.493 e. The van der Waals surface area contributed by atoms with Crippen LogP contribution < -0.4 is 31.0 Å². The first-order valence-electron chi connectivity index (χ1n) is 10.6. The number of ether oxygens (including phenoxy) is 2. The highest BCUT2D eigenvalue weighted by Gasteiger charge is 2.27. The van der Waals surface area contributed by atoms with Gasteiger partial charge in [-0.15, -0.1) is 0 Å². The Kier molecular flexibility index (Phi) is 7.02. The average Bonchev–Trinajstić information content (AvgIpc) is 3.30. The van der Waals surface area contributed by atoms with E-state index in [9.17, 15) is 4.39 Å². The van der Waals surface area contributed by atoms with Crippen LogP contribution in [0.25, 0.3) is 0 Å². The average molecular weight is 450 g/mol. The van der Waals surface area contributed by atoms with Crippen molar-refractivity contribution in [2.24, 2.45) is 5.84 Å². The number of anilines is 2. The predicted octanol–water partition coefficient (Wildman–Crippen LogP) is 3.70. The van der Waals surface area contributed by atoms with Crippen LogP contribution in [0.4, 0.5) is 15.8 Å². The fourth-order valence-electron chi connectivity index (χ4n) is 4.10. The molecule has 168 valence electrons. The summed E-state index contributed by atoms with van der Waals surface area (Å²) in [6.07, 6.45) is 3.21. The van der Waals surface area contributed by atoms with E-state index in [4.69, 9.17) is 26.9 Å².